The lowest BCUT2D eigenvalue weighted by molar-refractivity contribution is -0.395. The van der Waals surface area contributed by atoms with Crippen molar-refractivity contribution in [2.75, 3.05) is 12.4 Å². The molecule has 1 amide bonds. The molecule has 0 radical (unpaired) electrons. The number of carbonyl (C=O) groups excluding carboxylic acids is 1. The summed E-state index contributed by atoms with van der Waals surface area (Å²) in [6.45, 7) is 10.3. The highest BCUT2D eigenvalue weighted by atomic mass is 32.2. The highest BCUT2D eigenvalue weighted by molar-refractivity contribution is 8.01. The van der Waals surface area contributed by atoms with Gasteiger partial charge in [0.25, 0.3) is 5.69 Å². The van der Waals surface area contributed by atoms with Crippen molar-refractivity contribution < 1.29 is 19.4 Å². The normalized spacial score (nSPS) is 10.6. The minimum absolute atomic E-state index is 0.107. The van der Waals surface area contributed by atoms with E-state index in [-0.39, 0.29) is 22.2 Å². The van der Waals surface area contributed by atoms with Crippen LogP contribution in [-0.4, -0.2) is 22.9 Å². The molecule has 0 unspecified atom stereocenters. The fourth-order valence-electron chi connectivity index (χ4n) is 2.88. The highest BCUT2D eigenvalue weighted by Gasteiger charge is 2.27. The number of aryl methyl sites for hydroxylation is 1. The topological polar surface area (TPSA) is 154 Å². The van der Waals surface area contributed by atoms with E-state index in [4.69, 9.17) is 11.3 Å². The number of nitro groups is 2. The van der Waals surface area contributed by atoms with E-state index in [1.807, 2.05) is 6.92 Å². The minimum atomic E-state index is -0.823. The Morgan fingerprint density at radius 1 is 1.15 bits per heavy atom. The number of azo groups is 1. The third-order valence-corrected chi connectivity index (χ3v) is 4.98. The van der Waals surface area contributed by atoms with E-state index >= 15 is 0 Å². The third kappa shape index (κ3) is 6.47. The number of nitrogens with one attached hydrogen (secondary N) is 1. The molecular formula is C20H20N6O6S. The van der Waals surface area contributed by atoms with Gasteiger partial charge in [-0.15, -0.1) is 10.2 Å². The molecule has 2 rings (SSSR count). The first-order valence-electron chi connectivity index (χ1n) is 9.62. The van der Waals surface area contributed by atoms with Crippen molar-refractivity contribution in [3.05, 3.63) is 60.9 Å². The van der Waals surface area contributed by atoms with E-state index in [0.717, 1.165) is 30.5 Å². The minimum Gasteiger partial charge on any atom is -0.496 e. The molecule has 0 saturated carbocycles. The average molecular weight is 472 g/mol. The third-order valence-electron chi connectivity index (χ3n) is 4.37. The van der Waals surface area contributed by atoms with Gasteiger partial charge in [-0.2, -0.15) is 0 Å². The zero-order chi connectivity index (χ0) is 24.5. The molecule has 0 heterocycles. The van der Waals surface area contributed by atoms with Crippen LogP contribution in [0.25, 0.3) is 4.25 Å². The van der Waals surface area contributed by atoms with Gasteiger partial charge in [0, 0.05) is 19.1 Å². The number of amides is 1. The maximum Gasteiger partial charge on any atom is 0.303 e. The second kappa shape index (κ2) is 11.5. The zero-order valence-electron chi connectivity index (χ0n) is 18.0. The van der Waals surface area contributed by atoms with Crippen LogP contribution in [0.15, 0.2) is 39.4 Å². The SMILES string of the molecule is [C-]#[N+]Sc1cc(N=Nc2cc(OC)c(CCCC)cc2NC(C)=O)c([N+](=O)[O-])cc1[N+](=O)[O-]. The first kappa shape index (κ1) is 25.2. The quantitative estimate of drug-likeness (QED) is 0.143. The summed E-state index contributed by atoms with van der Waals surface area (Å²) in [6, 6.07) is 5.05. The number of methoxy groups -OCH3 is 1. The molecular weight excluding hydrogens is 452 g/mol. The maximum absolute atomic E-state index is 11.7. The van der Waals surface area contributed by atoms with Crippen LogP contribution in [0.1, 0.15) is 32.3 Å². The molecule has 0 aliphatic rings. The second-order valence-corrected chi connectivity index (χ2v) is 7.48. The number of nitro benzene ring substituents is 2. The Bertz CT molecular complexity index is 1160. The monoisotopic (exact) mass is 472 g/mol. The maximum atomic E-state index is 11.7. The highest BCUT2D eigenvalue weighted by Crippen LogP contribution is 2.41. The van der Waals surface area contributed by atoms with Crippen molar-refractivity contribution in [3.63, 3.8) is 0 Å². The smallest absolute Gasteiger partial charge is 0.303 e. The predicted molar refractivity (Wildman–Crippen MR) is 122 cm³/mol. The summed E-state index contributed by atoms with van der Waals surface area (Å²) in [4.78, 5) is 32.7. The van der Waals surface area contributed by atoms with Gasteiger partial charge in [0.2, 0.25) is 5.91 Å². The van der Waals surface area contributed by atoms with Gasteiger partial charge in [-0.3, -0.25) is 25.0 Å². The molecule has 12 nitrogen and oxygen atoms in total. The predicted octanol–water partition coefficient (Wildman–Crippen LogP) is 6.15. The molecule has 0 saturated heterocycles. The Morgan fingerprint density at radius 3 is 2.36 bits per heavy atom. The van der Waals surface area contributed by atoms with Gasteiger partial charge in [-0.05, 0) is 24.5 Å². The van der Waals surface area contributed by atoms with E-state index < -0.39 is 21.2 Å². The van der Waals surface area contributed by atoms with Crippen molar-refractivity contribution in [1.29, 1.82) is 0 Å². The summed E-state index contributed by atoms with van der Waals surface area (Å²) in [7, 11) is 1.48. The van der Waals surface area contributed by atoms with Crippen LogP contribution in [0.5, 0.6) is 5.75 Å². The number of carbonyl (C=O) groups is 1. The van der Waals surface area contributed by atoms with E-state index in [0.29, 0.717) is 29.8 Å². The molecule has 1 N–H and O–H groups in total. The van der Waals surface area contributed by atoms with Crippen LogP contribution in [0.3, 0.4) is 0 Å². The van der Waals surface area contributed by atoms with Crippen LogP contribution in [0.4, 0.5) is 28.4 Å². The van der Waals surface area contributed by atoms with Gasteiger partial charge in [0.05, 0.1) is 28.7 Å². The first-order chi connectivity index (χ1) is 15.7. The molecule has 33 heavy (non-hydrogen) atoms. The second-order valence-electron chi connectivity index (χ2n) is 6.67. The Balaban J connectivity index is 2.64. The molecule has 13 heteroatoms. The van der Waals surface area contributed by atoms with Crippen LogP contribution < -0.4 is 10.1 Å². The largest absolute Gasteiger partial charge is 0.496 e. The summed E-state index contributed by atoms with van der Waals surface area (Å²) >= 11 is 0.462. The number of unbranched alkanes of at least 4 members (excludes halogenated alkanes) is 1. The van der Waals surface area contributed by atoms with Crippen molar-refractivity contribution in [2.24, 2.45) is 10.2 Å². The molecule has 2 aromatic rings. The Kier molecular flexibility index (Phi) is 8.81. The molecule has 172 valence electrons. The van der Waals surface area contributed by atoms with Gasteiger partial charge in [0.15, 0.2) is 10.6 Å². The number of rotatable bonds is 10. The molecule has 0 aliphatic carbocycles. The molecule has 2 aromatic carbocycles. The standard InChI is InChI=1S/C20H20N6O6S/c1-5-6-7-13-8-14(22-12(2)27)15(9-19(13)32-4)23-24-16-10-20(33-21-3)18(26(30)31)11-17(16)25(28)29/h8-11H,5-7H2,1-2,4H3,(H,22,27). The van der Waals surface area contributed by atoms with Crippen molar-refractivity contribution in [3.8, 4) is 5.75 Å². The van der Waals surface area contributed by atoms with Crippen LogP contribution in [-0.2, 0) is 11.2 Å². The zero-order valence-corrected chi connectivity index (χ0v) is 18.8. The average Bonchev–Trinajstić information content (AvgIpc) is 2.76. The Hall–Kier alpha value is -4.05. The van der Waals surface area contributed by atoms with Crippen molar-refractivity contribution in [2.45, 2.75) is 38.0 Å². The number of hydrogen-bond donors (Lipinski definition) is 1. The summed E-state index contributed by atoms with van der Waals surface area (Å²) in [6.07, 6.45) is 2.55. The molecule has 0 aliphatic heterocycles. The van der Waals surface area contributed by atoms with Gasteiger partial charge < -0.3 is 10.1 Å². The van der Waals surface area contributed by atoms with Crippen molar-refractivity contribution >= 4 is 46.3 Å². The van der Waals surface area contributed by atoms with E-state index in [1.165, 1.54) is 14.0 Å². The Morgan fingerprint density at radius 2 is 1.82 bits per heavy atom. The first-order valence-corrected chi connectivity index (χ1v) is 10.4. The van der Waals surface area contributed by atoms with E-state index in [2.05, 4.69) is 19.8 Å². The molecule has 0 bridgehead atoms. The van der Waals surface area contributed by atoms with Gasteiger partial charge in [0.1, 0.15) is 11.4 Å². The molecule has 0 atom stereocenters. The lowest BCUT2D eigenvalue weighted by Gasteiger charge is -2.13. The lowest BCUT2D eigenvalue weighted by atomic mass is 10.1. The van der Waals surface area contributed by atoms with Gasteiger partial charge >= 0.3 is 17.6 Å². The number of anilines is 1. The summed E-state index contributed by atoms with van der Waals surface area (Å²) in [5.41, 5.74) is -0.151. The number of benzene rings is 2. The number of nitrogens with zero attached hydrogens (tertiary/aromatic N) is 5. The Labute approximate surface area is 193 Å². The van der Waals surface area contributed by atoms with Crippen LogP contribution in [0.2, 0.25) is 0 Å². The lowest BCUT2D eigenvalue weighted by Crippen LogP contribution is -2.07. The number of ether oxygens (including phenoxy) is 1. The van der Waals surface area contributed by atoms with Crippen LogP contribution >= 0.6 is 11.9 Å². The fraction of sp³-hybridized carbons (Fsp3) is 0.300. The summed E-state index contributed by atoms with van der Waals surface area (Å²) in [5.74, 6) is 0.157. The van der Waals surface area contributed by atoms with E-state index in [1.54, 1.807) is 12.1 Å². The number of hydrogen-bond acceptors (Lipinski definition) is 9. The summed E-state index contributed by atoms with van der Waals surface area (Å²) in [5, 5.41) is 33.3. The molecule has 0 spiro atoms. The van der Waals surface area contributed by atoms with Gasteiger partial charge in [-0.1, -0.05) is 13.3 Å². The van der Waals surface area contributed by atoms with Crippen molar-refractivity contribution in [1.82, 2.24) is 0 Å². The molecule has 0 aromatic heterocycles. The summed E-state index contributed by atoms with van der Waals surface area (Å²) < 4.78 is 8.46. The fourth-order valence-corrected chi connectivity index (χ4v) is 3.37. The van der Waals surface area contributed by atoms with Gasteiger partial charge in [-0.25, -0.2) is 10.8 Å². The molecule has 0 fully saturated rings. The van der Waals surface area contributed by atoms with E-state index in [9.17, 15) is 25.0 Å². The van der Waals surface area contributed by atoms with Crippen LogP contribution in [0, 0.1) is 26.8 Å².